The zero-order chi connectivity index (χ0) is 14.0. The summed E-state index contributed by atoms with van der Waals surface area (Å²) in [7, 11) is 0. The first-order valence-electron chi connectivity index (χ1n) is 6.55. The van der Waals surface area contributed by atoms with Crippen molar-refractivity contribution in [2.24, 2.45) is 5.41 Å². The summed E-state index contributed by atoms with van der Waals surface area (Å²) in [5.74, 6) is 0.998. The first kappa shape index (κ1) is 13.6. The Hall–Kier alpha value is -1.84. The summed E-state index contributed by atoms with van der Waals surface area (Å²) in [5, 5.41) is 2.95. The molecule has 1 aromatic heterocycles. The molecule has 0 atom stereocenters. The Balaban J connectivity index is 1.99. The molecule has 0 aliphatic heterocycles. The van der Waals surface area contributed by atoms with Gasteiger partial charge in [0.1, 0.15) is 5.82 Å². The van der Waals surface area contributed by atoms with Crippen molar-refractivity contribution in [3.05, 3.63) is 29.6 Å². The van der Waals surface area contributed by atoms with Crippen molar-refractivity contribution in [3.8, 4) is 0 Å². The van der Waals surface area contributed by atoms with Crippen molar-refractivity contribution in [2.75, 3.05) is 0 Å². The van der Waals surface area contributed by atoms with Gasteiger partial charge in [-0.25, -0.2) is 4.98 Å². The molecule has 2 aromatic rings. The smallest absolute Gasteiger partial charge is 0.220 e. The Morgan fingerprint density at radius 2 is 2.11 bits per heavy atom. The van der Waals surface area contributed by atoms with E-state index in [0.717, 1.165) is 22.4 Å². The number of carbonyl (C=O) groups is 1. The van der Waals surface area contributed by atoms with Crippen LogP contribution in [0.3, 0.4) is 0 Å². The van der Waals surface area contributed by atoms with Gasteiger partial charge >= 0.3 is 0 Å². The maximum absolute atomic E-state index is 11.8. The average molecular weight is 259 g/mol. The van der Waals surface area contributed by atoms with Gasteiger partial charge in [0.25, 0.3) is 0 Å². The summed E-state index contributed by atoms with van der Waals surface area (Å²) in [6.07, 6.45) is 0.540. The number of carbonyl (C=O) groups excluding carboxylic acids is 1. The highest BCUT2D eigenvalue weighted by Gasteiger charge is 2.15. The molecule has 102 valence electrons. The van der Waals surface area contributed by atoms with Crippen LogP contribution in [0.1, 0.15) is 38.6 Å². The third-order valence-corrected chi connectivity index (χ3v) is 2.85. The van der Waals surface area contributed by atoms with Gasteiger partial charge in [0, 0.05) is 13.0 Å². The number of fused-ring (bicyclic) bond motifs is 1. The normalized spacial score (nSPS) is 11.8. The fourth-order valence-corrected chi connectivity index (χ4v) is 2.04. The van der Waals surface area contributed by atoms with Crippen LogP contribution < -0.4 is 5.32 Å². The van der Waals surface area contributed by atoms with Crippen molar-refractivity contribution in [1.82, 2.24) is 15.3 Å². The molecule has 2 N–H and O–H groups in total. The molecule has 19 heavy (non-hydrogen) atoms. The van der Waals surface area contributed by atoms with Gasteiger partial charge in [0.05, 0.1) is 11.0 Å². The molecular formula is C15H21N3O. The van der Waals surface area contributed by atoms with E-state index in [-0.39, 0.29) is 11.3 Å². The van der Waals surface area contributed by atoms with Gasteiger partial charge in [-0.2, -0.15) is 0 Å². The second kappa shape index (κ2) is 5.03. The summed E-state index contributed by atoms with van der Waals surface area (Å²) in [6, 6.07) is 6.01. The van der Waals surface area contributed by atoms with Crippen molar-refractivity contribution in [1.29, 1.82) is 0 Å². The lowest BCUT2D eigenvalue weighted by molar-refractivity contribution is -0.122. The molecule has 2 rings (SSSR count). The van der Waals surface area contributed by atoms with Crippen LogP contribution in [0, 0.1) is 12.3 Å². The fraction of sp³-hybridized carbons (Fsp3) is 0.467. The molecule has 1 aromatic carbocycles. The summed E-state index contributed by atoms with van der Waals surface area (Å²) in [4.78, 5) is 19.3. The number of imidazole rings is 1. The molecule has 0 unspecified atom stereocenters. The topological polar surface area (TPSA) is 57.8 Å². The lowest BCUT2D eigenvalue weighted by atomic mass is 9.92. The van der Waals surface area contributed by atoms with E-state index in [4.69, 9.17) is 0 Å². The second-order valence-corrected chi connectivity index (χ2v) is 6.19. The SMILES string of the molecule is Cc1nc2ccc(CNC(=O)CC(C)(C)C)cc2[nH]1. The number of hydrogen-bond donors (Lipinski definition) is 2. The molecule has 0 saturated carbocycles. The molecule has 1 amide bonds. The summed E-state index contributed by atoms with van der Waals surface area (Å²) < 4.78 is 0. The van der Waals surface area contributed by atoms with Gasteiger partial charge in [-0.05, 0) is 30.0 Å². The molecule has 0 radical (unpaired) electrons. The Bertz CT molecular complexity index is 593. The minimum atomic E-state index is 0.0223. The highest BCUT2D eigenvalue weighted by molar-refractivity contribution is 5.78. The number of aromatic amines is 1. The number of nitrogens with zero attached hydrogens (tertiary/aromatic N) is 1. The molecule has 0 fully saturated rings. The summed E-state index contributed by atoms with van der Waals surface area (Å²) in [5.41, 5.74) is 3.08. The quantitative estimate of drug-likeness (QED) is 0.890. The van der Waals surface area contributed by atoms with Crippen LogP contribution in [0.25, 0.3) is 11.0 Å². The molecule has 0 aliphatic carbocycles. The number of rotatable bonds is 3. The molecule has 0 bridgehead atoms. The van der Waals surface area contributed by atoms with E-state index in [2.05, 4.69) is 36.1 Å². The standard InChI is InChI=1S/C15H21N3O/c1-10-17-12-6-5-11(7-13(12)18-10)9-16-14(19)8-15(2,3)4/h5-7H,8-9H2,1-4H3,(H,16,19)(H,17,18). The number of amides is 1. The number of H-pyrrole nitrogens is 1. The molecule has 1 heterocycles. The number of aryl methyl sites for hydroxylation is 1. The van der Waals surface area contributed by atoms with Gasteiger partial charge in [-0.1, -0.05) is 26.8 Å². The summed E-state index contributed by atoms with van der Waals surface area (Å²) >= 11 is 0. The van der Waals surface area contributed by atoms with Gasteiger partial charge < -0.3 is 10.3 Å². The number of nitrogens with one attached hydrogen (secondary N) is 2. The van der Waals surface area contributed by atoms with Crippen LogP contribution in [0.5, 0.6) is 0 Å². The Kier molecular flexibility index (Phi) is 3.60. The van der Waals surface area contributed by atoms with Crippen LogP contribution in [0.2, 0.25) is 0 Å². The van der Waals surface area contributed by atoms with Crippen LogP contribution in [0.15, 0.2) is 18.2 Å². The van der Waals surface area contributed by atoms with E-state index in [1.165, 1.54) is 0 Å². The maximum Gasteiger partial charge on any atom is 0.220 e. The highest BCUT2D eigenvalue weighted by atomic mass is 16.1. The second-order valence-electron chi connectivity index (χ2n) is 6.19. The van der Waals surface area contributed by atoms with Crippen LogP contribution in [-0.4, -0.2) is 15.9 Å². The minimum Gasteiger partial charge on any atom is -0.352 e. The first-order valence-corrected chi connectivity index (χ1v) is 6.55. The molecule has 0 spiro atoms. The molecule has 4 heteroatoms. The molecule has 4 nitrogen and oxygen atoms in total. The zero-order valence-electron chi connectivity index (χ0n) is 12.0. The van der Waals surface area contributed by atoms with E-state index >= 15 is 0 Å². The van der Waals surface area contributed by atoms with Crippen molar-refractivity contribution in [3.63, 3.8) is 0 Å². The number of hydrogen-bond acceptors (Lipinski definition) is 2. The van der Waals surface area contributed by atoms with Crippen molar-refractivity contribution < 1.29 is 4.79 Å². The third kappa shape index (κ3) is 3.81. The minimum absolute atomic E-state index is 0.0223. The predicted molar refractivity (Wildman–Crippen MR) is 76.7 cm³/mol. The van der Waals surface area contributed by atoms with Gasteiger partial charge in [0.2, 0.25) is 5.91 Å². The van der Waals surface area contributed by atoms with E-state index in [9.17, 15) is 4.79 Å². The van der Waals surface area contributed by atoms with Crippen LogP contribution in [-0.2, 0) is 11.3 Å². The number of benzene rings is 1. The van der Waals surface area contributed by atoms with Crippen LogP contribution >= 0.6 is 0 Å². The van der Waals surface area contributed by atoms with Crippen molar-refractivity contribution >= 4 is 16.9 Å². The van der Waals surface area contributed by atoms with E-state index in [1.807, 2.05) is 25.1 Å². The fourth-order valence-electron chi connectivity index (χ4n) is 2.04. The van der Waals surface area contributed by atoms with Crippen molar-refractivity contribution in [2.45, 2.75) is 40.7 Å². The Morgan fingerprint density at radius 3 is 2.79 bits per heavy atom. The number of aromatic nitrogens is 2. The van der Waals surface area contributed by atoms with Crippen LogP contribution in [0.4, 0.5) is 0 Å². The predicted octanol–water partition coefficient (Wildman–Crippen LogP) is 2.92. The van der Waals surface area contributed by atoms with Gasteiger partial charge in [0.15, 0.2) is 0 Å². The largest absolute Gasteiger partial charge is 0.352 e. The molecule has 0 aliphatic rings. The first-order chi connectivity index (χ1) is 8.83. The lowest BCUT2D eigenvalue weighted by Crippen LogP contribution is -2.27. The highest BCUT2D eigenvalue weighted by Crippen LogP contribution is 2.18. The van der Waals surface area contributed by atoms with E-state index in [0.29, 0.717) is 13.0 Å². The molecular weight excluding hydrogens is 238 g/mol. The molecule has 0 saturated heterocycles. The zero-order valence-corrected chi connectivity index (χ0v) is 12.0. The summed E-state index contributed by atoms with van der Waals surface area (Å²) in [6.45, 7) is 8.68. The Labute approximate surface area is 113 Å². The van der Waals surface area contributed by atoms with Gasteiger partial charge in [-0.15, -0.1) is 0 Å². The lowest BCUT2D eigenvalue weighted by Gasteiger charge is -2.17. The Morgan fingerprint density at radius 1 is 1.37 bits per heavy atom. The van der Waals surface area contributed by atoms with Gasteiger partial charge in [-0.3, -0.25) is 4.79 Å². The van der Waals surface area contributed by atoms with E-state index < -0.39 is 0 Å². The average Bonchev–Trinajstić information content (AvgIpc) is 2.63. The van der Waals surface area contributed by atoms with E-state index in [1.54, 1.807) is 0 Å². The monoisotopic (exact) mass is 259 g/mol. The third-order valence-electron chi connectivity index (χ3n) is 2.85. The maximum atomic E-state index is 11.8.